The Kier molecular flexibility index (Phi) is 5.84. The fourth-order valence-electron chi connectivity index (χ4n) is 3.51. The highest BCUT2D eigenvalue weighted by Gasteiger charge is 2.29. The van der Waals surface area contributed by atoms with E-state index >= 15 is 0 Å². The average Bonchev–Trinajstić information content (AvgIpc) is 3.23. The van der Waals surface area contributed by atoms with Crippen molar-refractivity contribution in [3.05, 3.63) is 71.6 Å². The summed E-state index contributed by atoms with van der Waals surface area (Å²) in [6.07, 6.45) is 4.03. The van der Waals surface area contributed by atoms with Crippen LogP contribution in [0, 0.1) is 6.92 Å². The van der Waals surface area contributed by atoms with E-state index in [-0.39, 0.29) is 11.8 Å². The summed E-state index contributed by atoms with van der Waals surface area (Å²) in [7, 11) is 0. The summed E-state index contributed by atoms with van der Waals surface area (Å²) < 4.78 is 11.3. The molecule has 0 N–H and O–H groups in total. The second kappa shape index (κ2) is 8.86. The van der Waals surface area contributed by atoms with Crippen LogP contribution in [0.15, 0.2) is 53.2 Å². The number of hydrogen-bond donors (Lipinski definition) is 0. The van der Waals surface area contributed by atoms with Gasteiger partial charge in [0.1, 0.15) is 11.4 Å². The second-order valence-electron chi connectivity index (χ2n) is 7.27. The molecular weight excluding hydrogens is 368 g/mol. The van der Waals surface area contributed by atoms with Crippen molar-refractivity contribution in [2.75, 3.05) is 19.7 Å². The van der Waals surface area contributed by atoms with E-state index in [0.717, 1.165) is 30.7 Å². The zero-order valence-corrected chi connectivity index (χ0v) is 16.5. The zero-order chi connectivity index (χ0) is 20.1. The molecule has 7 heteroatoms. The first kappa shape index (κ1) is 19.1. The molecule has 2 aromatic heterocycles. The number of aromatic nitrogens is 3. The summed E-state index contributed by atoms with van der Waals surface area (Å²) in [5.41, 5.74) is 1.62. The van der Waals surface area contributed by atoms with Gasteiger partial charge in [-0.2, -0.15) is 4.98 Å². The maximum Gasteiger partial charge on any atom is 0.272 e. The van der Waals surface area contributed by atoms with Crippen molar-refractivity contribution in [1.82, 2.24) is 20.0 Å². The van der Waals surface area contributed by atoms with Crippen LogP contribution in [0.3, 0.4) is 0 Å². The molecule has 7 nitrogen and oxygen atoms in total. The first-order chi connectivity index (χ1) is 14.2. The minimum Gasteiger partial charge on any atom is -0.493 e. The highest BCUT2D eigenvalue weighted by Crippen LogP contribution is 2.26. The van der Waals surface area contributed by atoms with Crippen molar-refractivity contribution in [3.63, 3.8) is 0 Å². The van der Waals surface area contributed by atoms with Crippen LogP contribution in [-0.4, -0.2) is 45.6 Å². The standard InChI is InChI=1S/C22H24N4O3/c1-16-6-4-8-18(14-16)28-13-10-20-24-21(29-25-20)17-7-5-12-26(15-17)22(27)19-9-2-3-11-23-19/h2-4,6,8-9,11,14,17H,5,7,10,12-13,15H2,1H3. The van der Waals surface area contributed by atoms with Crippen LogP contribution >= 0.6 is 0 Å². The van der Waals surface area contributed by atoms with E-state index in [1.807, 2.05) is 42.2 Å². The molecule has 0 saturated carbocycles. The number of ether oxygens (including phenoxy) is 1. The molecule has 1 saturated heterocycles. The number of aryl methyl sites for hydroxylation is 1. The smallest absolute Gasteiger partial charge is 0.272 e. The Morgan fingerprint density at radius 2 is 2.21 bits per heavy atom. The van der Waals surface area contributed by atoms with E-state index in [0.29, 0.717) is 37.0 Å². The minimum absolute atomic E-state index is 0.0513. The van der Waals surface area contributed by atoms with Crippen LogP contribution in [0.1, 0.15) is 46.5 Å². The monoisotopic (exact) mass is 392 g/mol. The summed E-state index contributed by atoms with van der Waals surface area (Å²) in [4.78, 5) is 23.2. The van der Waals surface area contributed by atoms with Gasteiger partial charge < -0.3 is 14.2 Å². The van der Waals surface area contributed by atoms with Crippen LogP contribution in [0.4, 0.5) is 0 Å². The van der Waals surface area contributed by atoms with E-state index < -0.39 is 0 Å². The molecular formula is C22H24N4O3. The largest absolute Gasteiger partial charge is 0.493 e. The first-order valence-corrected chi connectivity index (χ1v) is 9.91. The maximum absolute atomic E-state index is 12.7. The predicted molar refractivity (Wildman–Crippen MR) is 107 cm³/mol. The number of nitrogens with zero attached hydrogens (tertiary/aromatic N) is 4. The number of amides is 1. The summed E-state index contributed by atoms with van der Waals surface area (Å²) in [5, 5.41) is 4.09. The molecule has 1 atom stereocenters. The quantitative estimate of drug-likeness (QED) is 0.639. The Bertz CT molecular complexity index is 957. The van der Waals surface area contributed by atoms with Gasteiger partial charge >= 0.3 is 0 Å². The molecule has 4 rings (SSSR count). The normalized spacial score (nSPS) is 16.6. The topological polar surface area (TPSA) is 81.4 Å². The SMILES string of the molecule is Cc1cccc(OCCc2noc(C3CCCN(C(=O)c4ccccn4)C3)n2)c1. The Hall–Kier alpha value is -3.22. The van der Waals surface area contributed by atoms with Crippen molar-refractivity contribution in [1.29, 1.82) is 0 Å². The van der Waals surface area contributed by atoms with Gasteiger partial charge in [0.15, 0.2) is 5.82 Å². The fraction of sp³-hybridized carbons (Fsp3) is 0.364. The van der Waals surface area contributed by atoms with Crippen molar-refractivity contribution in [2.45, 2.75) is 32.1 Å². The number of pyridine rings is 1. The average molecular weight is 392 g/mol. The van der Waals surface area contributed by atoms with Crippen molar-refractivity contribution in [2.24, 2.45) is 0 Å². The van der Waals surface area contributed by atoms with Crippen LogP contribution < -0.4 is 4.74 Å². The van der Waals surface area contributed by atoms with Gasteiger partial charge in [-0.15, -0.1) is 0 Å². The van der Waals surface area contributed by atoms with E-state index in [1.165, 1.54) is 0 Å². The van der Waals surface area contributed by atoms with E-state index in [4.69, 9.17) is 9.26 Å². The van der Waals surface area contributed by atoms with Crippen LogP contribution in [0.5, 0.6) is 5.75 Å². The van der Waals surface area contributed by atoms with E-state index in [2.05, 4.69) is 15.1 Å². The molecule has 1 unspecified atom stereocenters. The van der Waals surface area contributed by atoms with Gasteiger partial charge in [-0.05, 0) is 49.6 Å². The molecule has 1 aliphatic heterocycles. The molecule has 3 aromatic rings. The summed E-state index contributed by atoms with van der Waals surface area (Å²) in [6, 6.07) is 13.3. The van der Waals surface area contributed by atoms with Crippen LogP contribution in [0.2, 0.25) is 0 Å². The van der Waals surface area contributed by atoms with Gasteiger partial charge in [0.05, 0.1) is 12.5 Å². The first-order valence-electron chi connectivity index (χ1n) is 9.91. The second-order valence-corrected chi connectivity index (χ2v) is 7.27. The Labute approximate surface area is 169 Å². The summed E-state index contributed by atoms with van der Waals surface area (Å²) >= 11 is 0. The maximum atomic E-state index is 12.7. The molecule has 1 amide bonds. The number of likely N-dealkylation sites (tertiary alicyclic amines) is 1. The summed E-state index contributed by atoms with van der Waals surface area (Å²) in [6.45, 7) is 3.80. The molecule has 0 radical (unpaired) electrons. The number of piperidine rings is 1. The molecule has 1 fully saturated rings. The lowest BCUT2D eigenvalue weighted by molar-refractivity contribution is 0.0689. The van der Waals surface area contributed by atoms with Gasteiger partial charge in [0.25, 0.3) is 5.91 Å². The highest BCUT2D eigenvalue weighted by molar-refractivity contribution is 5.92. The molecule has 1 aromatic carbocycles. The van der Waals surface area contributed by atoms with Crippen LogP contribution in [-0.2, 0) is 6.42 Å². The third-order valence-corrected chi connectivity index (χ3v) is 5.01. The Balaban J connectivity index is 1.33. The van der Waals surface area contributed by atoms with Gasteiger partial charge in [0, 0.05) is 25.7 Å². The number of carbonyl (C=O) groups excluding carboxylic acids is 1. The van der Waals surface area contributed by atoms with Crippen molar-refractivity contribution < 1.29 is 14.1 Å². The van der Waals surface area contributed by atoms with Gasteiger partial charge in [0.2, 0.25) is 5.89 Å². The minimum atomic E-state index is -0.0541. The Morgan fingerprint density at radius 3 is 3.03 bits per heavy atom. The summed E-state index contributed by atoms with van der Waals surface area (Å²) in [5.74, 6) is 2.05. The molecule has 3 heterocycles. The Morgan fingerprint density at radius 1 is 1.28 bits per heavy atom. The van der Waals surface area contributed by atoms with Gasteiger partial charge in [-0.1, -0.05) is 23.4 Å². The molecule has 0 bridgehead atoms. The molecule has 0 spiro atoms. The molecule has 1 aliphatic rings. The number of carbonyl (C=O) groups is 1. The lowest BCUT2D eigenvalue weighted by Gasteiger charge is -2.30. The third-order valence-electron chi connectivity index (χ3n) is 5.01. The molecule has 29 heavy (non-hydrogen) atoms. The lowest BCUT2D eigenvalue weighted by atomic mass is 9.97. The predicted octanol–water partition coefficient (Wildman–Crippen LogP) is 3.41. The molecule has 0 aliphatic carbocycles. The van der Waals surface area contributed by atoms with Gasteiger partial charge in [-0.25, -0.2) is 0 Å². The number of benzene rings is 1. The number of hydrogen-bond acceptors (Lipinski definition) is 6. The van der Waals surface area contributed by atoms with E-state index in [9.17, 15) is 4.79 Å². The van der Waals surface area contributed by atoms with Crippen LogP contribution in [0.25, 0.3) is 0 Å². The molecule has 150 valence electrons. The van der Waals surface area contributed by atoms with E-state index in [1.54, 1.807) is 18.3 Å². The highest BCUT2D eigenvalue weighted by atomic mass is 16.5. The third kappa shape index (κ3) is 4.80. The van der Waals surface area contributed by atoms with Crippen molar-refractivity contribution in [3.8, 4) is 5.75 Å². The number of rotatable bonds is 6. The van der Waals surface area contributed by atoms with Gasteiger partial charge in [-0.3, -0.25) is 9.78 Å². The van der Waals surface area contributed by atoms with Crippen molar-refractivity contribution >= 4 is 5.91 Å². The lowest BCUT2D eigenvalue weighted by Crippen LogP contribution is -2.39. The zero-order valence-electron chi connectivity index (χ0n) is 16.5. The fourth-order valence-corrected chi connectivity index (χ4v) is 3.51.